The van der Waals surface area contributed by atoms with Crippen molar-refractivity contribution in [2.45, 2.75) is 170 Å². The summed E-state index contributed by atoms with van der Waals surface area (Å²) in [7, 11) is -1.62. The van der Waals surface area contributed by atoms with Gasteiger partial charge in [-0.2, -0.15) is 0 Å². The molecule has 1 heterocycles. The predicted octanol–water partition coefficient (Wildman–Crippen LogP) is 11.5. The number of aryl methyl sites for hydroxylation is 1. The van der Waals surface area contributed by atoms with Gasteiger partial charge in [0.15, 0.2) is 11.5 Å². The van der Waals surface area contributed by atoms with Gasteiger partial charge >= 0.3 is 36.1 Å². The van der Waals surface area contributed by atoms with Crippen LogP contribution in [0.15, 0.2) is 89.9 Å². The molecular weight excluding hydrogens is 1120 g/mol. The summed E-state index contributed by atoms with van der Waals surface area (Å²) in [4.78, 5) is 104. The Labute approximate surface area is 506 Å². The molecule has 2 N–H and O–H groups in total. The Hall–Kier alpha value is -7.82. The summed E-state index contributed by atoms with van der Waals surface area (Å²) in [6, 6.07) is 22.3. The molecule has 0 spiro atoms. The van der Waals surface area contributed by atoms with Crippen molar-refractivity contribution in [2.75, 3.05) is 39.6 Å². The number of guanidine groups is 1. The van der Waals surface area contributed by atoms with E-state index in [2.05, 4.69) is 35.3 Å². The average molecular weight is 1210 g/mol. The maximum Gasteiger partial charge on any atom is 0.414 e. The van der Waals surface area contributed by atoms with Crippen LogP contribution >= 0.6 is 0 Å². The fourth-order valence-electron chi connectivity index (χ4n) is 8.17. The maximum atomic E-state index is 15.7. The first-order valence-electron chi connectivity index (χ1n) is 28.7. The van der Waals surface area contributed by atoms with Crippen molar-refractivity contribution in [3.8, 4) is 17.2 Å². The molecule has 1 aliphatic heterocycles. The van der Waals surface area contributed by atoms with Crippen LogP contribution in [0.1, 0.15) is 144 Å². The number of aliphatic imine (C=N–C) groups is 1. The van der Waals surface area contributed by atoms with Crippen LogP contribution < -0.4 is 24.8 Å². The van der Waals surface area contributed by atoms with E-state index in [0.29, 0.717) is 30.4 Å². The monoisotopic (exact) mass is 1210 g/mol. The molecule has 4 aromatic carbocycles. The second kappa shape index (κ2) is 30.5. The summed E-state index contributed by atoms with van der Waals surface area (Å²) in [5.74, 6) is -4.45. The Morgan fingerprint density at radius 2 is 1.30 bits per heavy atom. The van der Waals surface area contributed by atoms with Crippen molar-refractivity contribution in [3.63, 3.8) is 0 Å². The van der Waals surface area contributed by atoms with Crippen molar-refractivity contribution in [1.82, 2.24) is 15.5 Å². The first-order chi connectivity index (χ1) is 40.1. The van der Waals surface area contributed by atoms with E-state index in [0.717, 1.165) is 10.5 Å². The molecule has 1 unspecified atom stereocenters. The number of hydrogen-bond donors (Lipinski definition) is 2. The van der Waals surface area contributed by atoms with E-state index < -0.39 is 91.5 Å². The third-order valence-corrected chi connectivity index (χ3v) is 13.5. The first kappa shape index (κ1) is 69.0. The van der Waals surface area contributed by atoms with Crippen LogP contribution in [0.25, 0.3) is 0 Å². The molecule has 0 aliphatic carbocycles. The fraction of sp³-hybridized carbons (Fsp3) is 0.500. The van der Waals surface area contributed by atoms with E-state index in [4.69, 9.17) is 47.4 Å². The second-order valence-corrected chi connectivity index (χ2v) is 31.2. The molecule has 0 saturated carbocycles. The number of carbonyl (C=O) groups excluding carboxylic acids is 7. The molecule has 0 radical (unpaired) electrons. The Kier molecular flexibility index (Phi) is 24.5. The summed E-state index contributed by atoms with van der Waals surface area (Å²) < 4.78 is 58.3. The van der Waals surface area contributed by atoms with Gasteiger partial charge in [-0.15, -0.1) is 0 Å². The lowest BCUT2D eigenvalue weighted by atomic mass is 10.0. The van der Waals surface area contributed by atoms with Gasteiger partial charge in [-0.1, -0.05) is 56.0 Å². The lowest BCUT2D eigenvalue weighted by molar-refractivity contribution is -0.167. The van der Waals surface area contributed by atoms with Gasteiger partial charge in [-0.25, -0.2) is 29.0 Å². The number of amides is 3. The van der Waals surface area contributed by atoms with E-state index >= 15 is 4.79 Å². The highest BCUT2D eigenvalue weighted by atomic mass is 28.3. The van der Waals surface area contributed by atoms with Gasteiger partial charge in [0.1, 0.15) is 40.8 Å². The van der Waals surface area contributed by atoms with Gasteiger partial charge in [0.2, 0.25) is 5.96 Å². The third-order valence-electron chi connectivity index (χ3n) is 11.8. The number of carbonyl (C=O) groups is 7. The minimum absolute atomic E-state index is 0.0339. The Morgan fingerprint density at radius 3 is 1.93 bits per heavy atom. The third kappa shape index (κ3) is 24.6. The Morgan fingerprint density at radius 1 is 0.674 bits per heavy atom. The summed E-state index contributed by atoms with van der Waals surface area (Å²) >= 11 is 0. The van der Waals surface area contributed by atoms with Crippen molar-refractivity contribution >= 4 is 61.7 Å². The number of ether oxygens (including phenoxy) is 10. The molecule has 86 heavy (non-hydrogen) atoms. The standard InChI is InChI=1S/C64H86N4O17Si/c1-61(2,3)82-52(69)39-50(57(73)83-62(4,5)6)68(40-43-35-45(55(71)80-33-34-86(13,14)15)38-47(36-43)78-32-31-76-29-30-77-41-42-21-17-16-18-22-42)54(70)49-24-19-25-51-53(49)79-28-20-23-44-37-46(26-27-48(44)56(72)81-51)65-58(66-59(74)84-63(7,8)9)67-60(75)85-64(10,11)12/h16-19,21-22,24-27,35-38,50H,20,23,28-34,39-41H2,1-15H3,(H2,65,66,67,74,75). The molecule has 3 amide bonds. The van der Waals surface area contributed by atoms with Crippen LogP contribution in [-0.4, -0.2) is 129 Å². The van der Waals surface area contributed by atoms with Gasteiger partial charge < -0.3 is 52.3 Å². The minimum Gasteiger partial charge on any atom is -0.491 e. The molecule has 1 atom stereocenters. The summed E-state index contributed by atoms with van der Waals surface area (Å²) in [6.45, 7) is 27.5. The maximum absolute atomic E-state index is 15.7. The largest absolute Gasteiger partial charge is 0.491 e. The number of benzene rings is 4. The molecular formula is C64H86N4O17Si. The van der Waals surface area contributed by atoms with Crippen LogP contribution in [0.2, 0.25) is 25.7 Å². The lowest BCUT2D eigenvalue weighted by Gasteiger charge is -2.33. The first-order valence-corrected chi connectivity index (χ1v) is 32.4. The van der Waals surface area contributed by atoms with Crippen LogP contribution in [0.5, 0.6) is 17.2 Å². The number of hydrogen-bond acceptors (Lipinski definition) is 18. The minimum atomic E-state index is -1.65. The average Bonchev–Trinajstić information content (AvgIpc) is 2.00. The number of rotatable bonds is 21. The summed E-state index contributed by atoms with van der Waals surface area (Å²) in [6.07, 6.45) is -1.97. The number of alkyl carbamates (subject to hydrolysis) is 2. The smallest absolute Gasteiger partial charge is 0.414 e. The highest BCUT2D eigenvalue weighted by Gasteiger charge is 2.39. The van der Waals surface area contributed by atoms with Crippen molar-refractivity contribution in [2.24, 2.45) is 4.99 Å². The number of esters is 4. The molecule has 0 fully saturated rings. The zero-order chi connectivity index (χ0) is 63.6. The van der Waals surface area contributed by atoms with Gasteiger partial charge in [0, 0.05) is 14.6 Å². The number of nitrogens with one attached hydrogen (secondary N) is 2. The SMILES string of the molecule is CC(C)(C)OC(=O)CC(C(=O)OC(C)(C)C)N(Cc1cc(OCCOCCOCc2ccccc2)cc(C(=O)OCC[Si](C)(C)C)c1)C(=O)c1cccc2c1OCCCc1cc(N=C(NC(=O)OC(C)(C)C)NC(=O)OC(C)(C)C)ccc1C(=O)O2. The normalized spacial score (nSPS) is 13.2. The number of para-hydroxylation sites is 1. The van der Waals surface area contributed by atoms with Crippen LogP contribution in [0.4, 0.5) is 15.3 Å². The quantitative estimate of drug-likeness (QED) is 0.0150. The van der Waals surface area contributed by atoms with Crippen molar-refractivity contribution in [3.05, 3.63) is 118 Å². The number of nitrogens with zero attached hydrogens (tertiary/aromatic N) is 2. The zero-order valence-electron chi connectivity index (χ0n) is 52.5. The van der Waals surface area contributed by atoms with Gasteiger partial charge in [-0.3, -0.25) is 20.2 Å². The lowest BCUT2D eigenvalue weighted by Crippen LogP contribution is -2.48. The molecule has 0 aromatic heterocycles. The highest BCUT2D eigenvalue weighted by molar-refractivity contribution is 6.76. The van der Waals surface area contributed by atoms with Gasteiger partial charge in [0.25, 0.3) is 5.91 Å². The van der Waals surface area contributed by atoms with Crippen LogP contribution in [-0.2, 0) is 62.3 Å². The summed E-state index contributed by atoms with van der Waals surface area (Å²) in [5.41, 5.74) is -1.73. The predicted molar refractivity (Wildman–Crippen MR) is 325 cm³/mol. The molecule has 22 heteroatoms. The molecule has 468 valence electrons. The van der Waals surface area contributed by atoms with Crippen LogP contribution in [0.3, 0.4) is 0 Å². The van der Waals surface area contributed by atoms with Gasteiger partial charge in [-0.05, 0) is 167 Å². The highest BCUT2D eigenvalue weighted by Crippen LogP contribution is 2.36. The van der Waals surface area contributed by atoms with Crippen LogP contribution in [0, 0.1) is 0 Å². The van der Waals surface area contributed by atoms with E-state index in [1.807, 2.05) is 30.3 Å². The molecule has 1 aliphatic rings. The topological polar surface area (TPSA) is 251 Å². The number of fused-ring (bicyclic) bond motifs is 2. The van der Waals surface area contributed by atoms with E-state index in [1.54, 1.807) is 95.2 Å². The molecule has 0 bridgehead atoms. The second-order valence-electron chi connectivity index (χ2n) is 25.6. The summed E-state index contributed by atoms with van der Waals surface area (Å²) in [5, 5.41) is 4.90. The molecule has 0 saturated heterocycles. The molecule has 5 rings (SSSR count). The van der Waals surface area contributed by atoms with Crippen molar-refractivity contribution < 1.29 is 80.9 Å². The fourth-order valence-corrected chi connectivity index (χ4v) is 8.89. The Balaban J connectivity index is 1.54. The van der Waals surface area contributed by atoms with Crippen molar-refractivity contribution in [1.29, 1.82) is 0 Å². The van der Waals surface area contributed by atoms with E-state index in [1.165, 1.54) is 42.5 Å². The van der Waals surface area contributed by atoms with E-state index in [-0.39, 0.29) is 91.5 Å². The zero-order valence-corrected chi connectivity index (χ0v) is 53.5. The van der Waals surface area contributed by atoms with E-state index in [9.17, 15) is 28.8 Å². The molecule has 21 nitrogen and oxygen atoms in total. The van der Waals surface area contributed by atoms with Gasteiger partial charge in [0.05, 0.1) is 68.4 Å². The molecule has 4 aromatic rings. The Bertz CT molecular complexity index is 3010.